The lowest BCUT2D eigenvalue weighted by atomic mass is 10.2. The molecule has 1 aromatic heterocycles. The van der Waals surface area contributed by atoms with E-state index >= 15 is 0 Å². The summed E-state index contributed by atoms with van der Waals surface area (Å²) in [6.45, 7) is 0. The molecule has 0 aliphatic carbocycles. The number of methoxy groups -OCH3 is 1. The molecule has 4 N–H and O–H groups in total. The number of rotatable bonds is 5. The summed E-state index contributed by atoms with van der Waals surface area (Å²) in [5.41, 5.74) is 0.352. The first kappa shape index (κ1) is 24.7. The van der Waals surface area contributed by atoms with Gasteiger partial charge in [-0.2, -0.15) is 13.2 Å². The molecule has 0 fully saturated rings. The average molecular weight is 520 g/mol. The molecule has 3 amide bonds. The number of urea groups is 1. The van der Waals surface area contributed by atoms with E-state index in [0.29, 0.717) is 28.2 Å². The highest BCUT2D eigenvalue weighted by Crippen LogP contribution is 2.34. The summed E-state index contributed by atoms with van der Waals surface area (Å²) in [6.07, 6.45) is -5.25. The fourth-order valence-corrected chi connectivity index (χ4v) is 3.28. The quantitative estimate of drug-likeness (QED) is 0.230. The molecule has 4 aromatic rings. The predicted molar refractivity (Wildman–Crippen MR) is 128 cm³/mol. The van der Waals surface area contributed by atoms with E-state index in [4.69, 9.17) is 16.3 Å². The maximum absolute atomic E-state index is 12.9. The first-order valence-corrected chi connectivity index (χ1v) is 10.6. The number of aromatic nitrogens is 2. The van der Waals surface area contributed by atoms with Gasteiger partial charge in [0.2, 0.25) is 5.95 Å². The molecule has 186 valence electrons. The number of H-pyrrole nitrogens is 1. The van der Waals surface area contributed by atoms with Gasteiger partial charge in [-0.15, -0.1) is 0 Å². The second-order valence-corrected chi connectivity index (χ2v) is 7.69. The minimum absolute atomic E-state index is 0.0469. The standard InChI is InChI=1S/C23H17ClF3N5O4/c1-35-22(34)32-20-29-17-8-6-15(11-19(17)30-20)36-14-4-2-3-13(10-14)28-21(33)31-18-9-12(23(25,26)27)5-7-16(18)24/h2-11H,1H3,(H2,28,31,33)(H2,29,30,32,34). The van der Waals surface area contributed by atoms with Gasteiger partial charge in [-0.3, -0.25) is 5.32 Å². The summed E-state index contributed by atoms with van der Waals surface area (Å²) in [6, 6.07) is 13.2. The molecule has 9 nitrogen and oxygen atoms in total. The van der Waals surface area contributed by atoms with Crippen LogP contribution in [0.4, 0.5) is 40.1 Å². The molecule has 4 rings (SSSR count). The number of benzene rings is 3. The molecule has 0 spiro atoms. The number of carbonyl (C=O) groups is 2. The molecule has 36 heavy (non-hydrogen) atoms. The van der Waals surface area contributed by atoms with Crippen LogP contribution in [0, 0.1) is 0 Å². The van der Waals surface area contributed by atoms with Crippen molar-refractivity contribution in [3.63, 3.8) is 0 Å². The first-order valence-electron chi connectivity index (χ1n) is 10.2. The number of fused-ring (bicyclic) bond motifs is 1. The van der Waals surface area contributed by atoms with Crippen LogP contribution in [0.1, 0.15) is 5.56 Å². The largest absolute Gasteiger partial charge is 0.457 e. The van der Waals surface area contributed by atoms with Crippen molar-refractivity contribution >= 4 is 52.1 Å². The van der Waals surface area contributed by atoms with Crippen LogP contribution < -0.4 is 20.7 Å². The smallest absolute Gasteiger partial charge is 0.416 e. The van der Waals surface area contributed by atoms with Crippen molar-refractivity contribution in [1.29, 1.82) is 0 Å². The summed E-state index contributed by atoms with van der Waals surface area (Å²) in [4.78, 5) is 30.8. The molecule has 0 unspecified atom stereocenters. The second kappa shape index (κ2) is 10.0. The molecule has 0 aliphatic heterocycles. The van der Waals surface area contributed by atoms with Gasteiger partial charge in [0.05, 0.1) is 34.4 Å². The summed E-state index contributed by atoms with van der Waals surface area (Å²) >= 11 is 5.92. The first-order chi connectivity index (χ1) is 17.1. The van der Waals surface area contributed by atoms with Crippen LogP contribution in [0.25, 0.3) is 11.0 Å². The zero-order valence-electron chi connectivity index (χ0n) is 18.4. The predicted octanol–water partition coefficient (Wildman–Crippen LogP) is 6.85. The number of anilines is 3. The van der Waals surface area contributed by atoms with Gasteiger partial charge < -0.3 is 25.1 Å². The molecule has 0 saturated heterocycles. The highest BCUT2D eigenvalue weighted by Gasteiger charge is 2.31. The molecular weight excluding hydrogens is 503 g/mol. The fraction of sp³-hybridized carbons (Fsp3) is 0.0870. The number of nitrogens with zero attached hydrogens (tertiary/aromatic N) is 1. The Bertz CT molecular complexity index is 1440. The number of hydrogen-bond donors (Lipinski definition) is 4. The van der Waals surface area contributed by atoms with Gasteiger partial charge in [0.15, 0.2) is 0 Å². The van der Waals surface area contributed by atoms with Gasteiger partial charge in [-0.1, -0.05) is 17.7 Å². The number of nitrogens with one attached hydrogen (secondary N) is 4. The van der Waals surface area contributed by atoms with Crippen molar-refractivity contribution in [2.75, 3.05) is 23.1 Å². The van der Waals surface area contributed by atoms with E-state index in [1.165, 1.54) is 13.2 Å². The Kier molecular flexibility index (Phi) is 6.88. The Morgan fingerprint density at radius 1 is 0.972 bits per heavy atom. The van der Waals surface area contributed by atoms with E-state index in [9.17, 15) is 22.8 Å². The maximum Gasteiger partial charge on any atom is 0.416 e. The summed E-state index contributed by atoms with van der Waals surface area (Å²) in [5, 5.41) is 7.21. The fourth-order valence-electron chi connectivity index (χ4n) is 3.11. The van der Waals surface area contributed by atoms with Crippen molar-refractivity contribution < 1.29 is 32.2 Å². The van der Waals surface area contributed by atoms with Crippen molar-refractivity contribution in [3.8, 4) is 11.5 Å². The van der Waals surface area contributed by atoms with Crippen LogP contribution in [-0.4, -0.2) is 29.2 Å². The minimum Gasteiger partial charge on any atom is -0.457 e. The molecule has 0 bridgehead atoms. The van der Waals surface area contributed by atoms with Crippen molar-refractivity contribution in [3.05, 3.63) is 71.2 Å². The Labute approximate surface area is 206 Å². The Morgan fingerprint density at radius 3 is 2.50 bits per heavy atom. The number of ether oxygens (including phenoxy) is 2. The van der Waals surface area contributed by atoms with Gasteiger partial charge >= 0.3 is 18.3 Å². The average Bonchev–Trinajstić information content (AvgIpc) is 3.21. The van der Waals surface area contributed by atoms with E-state index < -0.39 is 23.9 Å². The third-order valence-corrected chi connectivity index (χ3v) is 5.06. The molecule has 0 saturated carbocycles. The van der Waals surface area contributed by atoms with Gasteiger partial charge in [0, 0.05) is 17.8 Å². The van der Waals surface area contributed by atoms with Crippen LogP contribution in [0.3, 0.4) is 0 Å². The van der Waals surface area contributed by atoms with E-state index in [0.717, 1.165) is 18.2 Å². The zero-order valence-corrected chi connectivity index (χ0v) is 19.1. The van der Waals surface area contributed by atoms with Crippen LogP contribution in [0.15, 0.2) is 60.7 Å². The van der Waals surface area contributed by atoms with E-state index in [-0.39, 0.29) is 16.7 Å². The molecule has 0 aliphatic rings. The zero-order chi connectivity index (χ0) is 25.9. The van der Waals surface area contributed by atoms with Crippen LogP contribution in [-0.2, 0) is 10.9 Å². The highest BCUT2D eigenvalue weighted by atomic mass is 35.5. The Balaban J connectivity index is 1.44. The number of aromatic amines is 1. The summed E-state index contributed by atoms with van der Waals surface area (Å²) in [7, 11) is 1.23. The lowest BCUT2D eigenvalue weighted by Crippen LogP contribution is -2.20. The Hall–Kier alpha value is -4.45. The molecular formula is C23H17ClF3N5O4. The van der Waals surface area contributed by atoms with Gasteiger partial charge in [-0.25, -0.2) is 14.6 Å². The summed E-state index contributed by atoms with van der Waals surface area (Å²) < 4.78 is 49.2. The van der Waals surface area contributed by atoms with E-state index in [1.54, 1.807) is 36.4 Å². The number of carbonyl (C=O) groups excluding carboxylic acids is 2. The van der Waals surface area contributed by atoms with E-state index in [1.807, 2.05) is 0 Å². The van der Waals surface area contributed by atoms with Crippen molar-refractivity contribution in [2.45, 2.75) is 6.18 Å². The highest BCUT2D eigenvalue weighted by molar-refractivity contribution is 6.33. The molecule has 0 radical (unpaired) electrons. The molecule has 3 aromatic carbocycles. The lowest BCUT2D eigenvalue weighted by Gasteiger charge is -2.13. The van der Waals surface area contributed by atoms with Gasteiger partial charge in [0.1, 0.15) is 11.5 Å². The van der Waals surface area contributed by atoms with Crippen LogP contribution >= 0.6 is 11.6 Å². The van der Waals surface area contributed by atoms with E-state index in [2.05, 4.69) is 30.7 Å². The minimum atomic E-state index is -4.58. The van der Waals surface area contributed by atoms with Crippen molar-refractivity contribution in [2.24, 2.45) is 0 Å². The third-order valence-electron chi connectivity index (χ3n) is 4.73. The number of amides is 3. The van der Waals surface area contributed by atoms with Crippen molar-refractivity contribution in [1.82, 2.24) is 9.97 Å². The SMILES string of the molecule is COC(=O)Nc1nc2ccc(Oc3cccc(NC(=O)Nc4cc(C(F)(F)F)ccc4Cl)c3)cc2[nH]1. The number of imidazole rings is 1. The molecule has 0 atom stereocenters. The second-order valence-electron chi connectivity index (χ2n) is 7.28. The van der Waals surface area contributed by atoms with Gasteiger partial charge in [0.25, 0.3) is 0 Å². The normalized spacial score (nSPS) is 11.1. The summed E-state index contributed by atoms with van der Waals surface area (Å²) in [5.74, 6) is 1.01. The number of halogens is 4. The third kappa shape index (κ3) is 5.96. The monoisotopic (exact) mass is 519 g/mol. The van der Waals surface area contributed by atoms with Gasteiger partial charge in [-0.05, 0) is 42.5 Å². The number of hydrogen-bond acceptors (Lipinski definition) is 5. The van der Waals surface area contributed by atoms with Crippen LogP contribution in [0.2, 0.25) is 5.02 Å². The number of alkyl halides is 3. The van der Waals surface area contributed by atoms with Crippen LogP contribution in [0.5, 0.6) is 11.5 Å². The molecule has 13 heteroatoms. The Morgan fingerprint density at radius 2 is 1.75 bits per heavy atom. The molecule has 1 heterocycles. The lowest BCUT2D eigenvalue weighted by molar-refractivity contribution is -0.137. The topological polar surface area (TPSA) is 117 Å². The maximum atomic E-state index is 12.9.